The fraction of sp³-hybridized carbons (Fsp3) is 0.500. The van der Waals surface area contributed by atoms with E-state index in [1.165, 1.54) is 0 Å². The van der Waals surface area contributed by atoms with E-state index in [-0.39, 0.29) is 11.5 Å². The Morgan fingerprint density at radius 1 is 0.850 bits per heavy atom. The lowest BCUT2D eigenvalue weighted by molar-refractivity contribution is 0.402. The van der Waals surface area contributed by atoms with Crippen LogP contribution in [0.25, 0.3) is 0 Å². The van der Waals surface area contributed by atoms with Crippen molar-refractivity contribution >= 4 is 12.4 Å². The summed E-state index contributed by atoms with van der Waals surface area (Å²) in [4.78, 5) is 8.44. The van der Waals surface area contributed by atoms with Crippen LogP contribution in [0.3, 0.4) is 0 Å². The van der Waals surface area contributed by atoms with E-state index in [9.17, 15) is 10.2 Å². The van der Waals surface area contributed by atoms with E-state index in [0.717, 1.165) is 38.8 Å². The highest BCUT2D eigenvalue weighted by atomic mass is 16.3. The molecule has 0 saturated carbocycles. The topological polar surface area (TPSA) is 65.2 Å². The largest absolute Gasteiger partial charge is 0.504 e. The Balaban J connectivity index is 2.76. The van der Waals surface area contributed by atoms with Gasteiger partial charge in [-0.05, 0) is 25.0 Å². The van der Waals surface area contributed by atoms with E-state index >= 15 is 0 Å². The molecule has 1 aromatic rings. The molecule has 0 heterocycles. The van der Waals surface area contributed by atoms with Gasteiger partial charge in [-0.15, -0.1) is 0 Å². The summed E-state index contributed by atoms with van der Waals surface area (Å²) in [6.07, 6.45) is 7.41. The fourth-order valence-electron chi connectivity index (χ4n) is 1.64. The molecule has 0 aliphatic heterocycles. The molecule has 4 nitrogen and oxygen atoms in total. The van der Waals surface area contributed by atoms with Gasteiger partial charge >= 0.3 is 0 Å². The van der Waals surface area contributed by atoms with E-state index in [1.54, 1.807) is 24.6 Å². The van der Waals surface area contributed by atoms with Gasteiger partial charge in [-0.1, -0.05) is 26.7 Å². The molecule has 4 heteroatoms. The smallest absolute Gasteiger partial charge is 0.167 e. The number of aromatic hydroxyl groups is 2. The monoisotopic (exact) mass is 276 g/mol. The minimum Gasteiger partial charge on any atom is -0.504 e. The Morgan fingerprint density at radius 2 is 1.25 bits per heavy atom. The third kappa shape index (κ3) is 5.03. The molecule has 110 valence electrons. The third-order valence-corrected chi connectivity index (χ3v) is 2.96. The Bertz CT molecular complexity index is 425. The van der Waals surface area contributed by atoms with Gasteiger partial charge < -0.3 is 10.2 Å². The molecular weight excluding hydrogens is 252 g/mol. The quantitative estimate of drug-likeness (QED) is 0.433. The van der Waals surface area contributed by atoms with Crippen molar-refractivity contribution in [3.05, 3.63) is 23.3 Å². The molecule has 2 N–H and O–H groups in total. The van der Waals surface area contributed by atoms with E-state index < -0.39 is 0 Å². The fourth-order valence-corrected chi connectivity index (χ4v) is 1.64. The second-order valence-corrected chi connectivity index (χ2v) is 4.72. The second kappa shape index (κ2) is 9.13. The van der Waals surface area contributed by atoms with Crippen LogP contribution in [0.2, 0.25) is 0 Å². The van der Waals surface area contributed by atoms with Crippen molar-refractivity contribution in [1.29, 1.82) is 0 Å². The van der Waals surface area contributed by atoms with E-state index in [2.05, 4.69) is 23.8 Å². The van der Waals surface area contributed by atoms with Gasteiger partial charge in [0.05, 0.1) is 0 Å². The lowest BCUT2D eigenvalue weighted by Gasteiger charge is -2.05. The van der Waals surface area contributed by atoms with Crippen molar-refractivity contribution in [2.24, 2.45) is 9.98 Å². The molecule has 0 aromatic heterocycles. The Kier molecular flexibility index (Phi) is 7.40. The van der Waals surface area contributed by atoms with Crippen LogP contribution in [0.5, 0.6) is 11.5 Å². The summed E-state index contributed by atoms with van der Waals surface area (Å²) in [5, 5.41) is 19.9. The van der Waals surface area contributed by atoms with Crippen molar-refractivity contribution < 1.29 is 10.2 Å². The second-order valence-electron chi connectivity index (χ2n) is 4.72. The molecule has 1 aromatic carbocycles. The van der Waals surface area contributed by atoms with Gasteiger partial charge in [0.15, 0.2) is 11.5 Å². The van der Waals surface area contributed by atoms with E-state index in [0.29, 0.717) is 11.1 Å². The molecule has 0 spiro atoms. The van der Waals surface area contributed by atoms with E-state index in [1.807, 2.05) is 0 Å². The van der Waals surface area contributed by atoms with Crippen molar-refractivity contribution in [2.75, 3.05) is 13.1 Å². The summed E-state index contributed by atoms with van der Waals surface area (Å²) in [7, 11) is 0. The number of aliphatic imine (C=N–C) groups is 2. The Labute approximate surface area is 120 Å². The number of hydrogen-bond donors (Lipinski definition) is 2. The van der Waals surface area contributed by atoms with E-state index in [4.69, 9.17) is 0 Å². The first kappa shape index (κ1) is 16.2. The first-order valence-corrected chi connectivity index (χ1v) is 7.25. The van der Waals surface area contributed by atoms with Crippen molar-refractivity contribution in [3.8, 4) is 11.5 Å². The number of phenolic OH excluding ortho intramolecular Hbond substituents is 2. The number of benzene rings is 1. The molecule has 0 fully saturated rings. The summed E-state index contributed by atoms with van der Waals surface area (Å²) in [6, 6.07) is 3.48. The highest BCUT2D eigenvalue weighted by Gasteiger charge is 2.08. The first-order chi connectivity index (χ1) is 9.70. The van der Waals surface area contributed by atoms with Gasteiger partial charge in [0.1, 0.15) is 0 Å². The summed E-state index contributed by atoms with van der Waals surface area (Å²) in [5.41, 5.74) is 1.06. The highest BCUT2D eigenvalue weighted by molar-refractivity contribution is 5.91. The summed E-state index contributed by atoms with van der Waals surface area (Å²) >= 11 is 0. The normalized spacial score (nSPS) is 11.7. The third-order valence-electron chi connectivity index (χ3n) is 2.96. The Hall–Kier alpha value is -1.84. The summed E-state index contributed by atoms with van der Waals surface area (Å²) in [6.45, 7) is 5.67. The lowest BCUT2D eigenvalue weighted by Crippen LogP contribution is -1.91. The number of phenols is 2. The van der Waals surface area contributed by atoms with Crippen LogP contribution >= 0.6 is 0 Å². The maximum Gasteiger partial charge on any atom is 0.167 e. The Morgan fingerprint density at radius 3 is 1.60 bits per heavy atom. The predicted molar refractivity (Wildman–Crippen MR) is 84.5 cm³/mol. The van der Waals surface area contributed by atoms with Crippen molar-refractivity contribution in [1.82, 2.24) is 0 Å². The SMILES string of the molecule is CCCCN=Cc1ccc(C=NCCCC)c(O)c1O. The van der Waals surface area contributed by atoms with Crippen LogP contribution in [-0.2, 0) is 0 Å². The molecule has 0 amide bonds. The van der Waals surface area contributed by atoms with Crippen LogP contribution in [-0.4, -0.2) is 35.7 Å². The molecular formula is C16H24N2O2. The van der Waals surface area contributed by atoms with Gasteiger partial charge in [-0.2, -0.15) is 0 Å². The van der Waals surface area contributed by atoms with Crippen molar-refractivity contribution in [3.63, 3.8) is 0 Å². The zero-order chi connectivity index (χ0) is 14.8. The van der Waals surface area contributed by atoms with Gasteiger partial charge in [0.2, 0.25) is 0 Å². The molecule has 0 aliphatic rings. The minimum atomic E-state index is -0.135. The maximum absolute atomic E-state index is 9.93. The van der Waals surface area contributed by atoms with Gasteiger partial charge in [0, 0.05) is 36.6 Å². The van der Waals surface area contributed by atoms with Gasteiger partial charge in [-0.3, -0.25) is 9.98 Å². The maximum atomic E-state index is 9.93. The molecule has 0 aliphatic carbocycles. The van der Waals surface area contributed by atoms with Crippen LogP contribution in [0, 0.1) is 0 Å². The average Bonchev–Trinajstić information content (AvgIpc) is 2.46. The number of nitrogens with zero attached hydrogens (tertiary/aromatic N) is 2. The van der Waals surface area contributed by atoms with Crippen LogP contribution in [0.15, 0.2) is 22.1 Å². The molecule has 0 bridgehead atoms. The standard InChI is InChI=1S/C16H24N2O2/c1-3-5-9-17-11-13-7-8-14(16(20)15(13)19)12-18-10-6-4-2/h7-8,11-12,19-20H,3-6,9-10H2,1-2H3. The zero-order valence-electron chi connectivity index (χ0n) is 12.3. The number of hydrogen-bond acceptors (Lipinski definition) is 4. The van der Waals surface area contributed by atoms with Gasteiger partial charge in [0.25, 0.3) is 0 Å². The minimum absolute atomic E-state index is 0.135. The summed E-state index contributed by atoms with van der Waals surface area (Å²) in [5.74, 6) is -0.269. The molecule has 1 rings (SSSR count). The number of unbranched alkanes of at least 4 members (excludes halogenated alkanes) is 2. The van der Waals surface area contributed by atoms with Crippen LogP contribution < -0.4 is 0 Å². The molecule has 0 atom stereocenters. The predicted octanol–water partition coefficient (Wildman–Crippen LogP) is 3.54. The van der Waals surface area contributed by atoms with Gasteiger partial charge in [-0.25, -0.2) is 0 Å². The van der Waals surface area contributed by atoms with Crippen molar-refractivity contribution in [2.45, 2.75) is 39.5 Å². The lowest BCUT2D eigenvalue weighted by atomic mass is 10.1. The highest BCUT2D eigenvalue weighted by Crippen LogP contribution is 2.30. The molecule has 20 heavy (non-hydrogen) atoms. The van der Waals surface area contributed by atoms with Crippen LogP contribution in [0.1, 0.15) is 50.7 Å². The number of rotatable bonds is 8. The zero-order valence-corrected chi connectivity index (χ0v) is 12.3. The first-order valence-electron chi connectivity index (χ1n) is 7.25. The molecule has 0 saturated heterocycles. The molecule has 0 unspecified atom stereocenters. The molecule has 0 radical (unpaired) electrons. The summed E-state index contributed by atoms with van der Waals surface area (Å²) < 4.78 is 0. The average molecular weight is 276 g/mol. The van der Waals surface area contributed by atoms with Crippen LogP contribution in [0.4, 0.5) is 0 Å².